The molecule has 5 heteroatoms. The SMILES string of the molecule is C[C@@H](C#N)OC(=O)[C@@H]1CC(=O)N([C@@H](C)c2ccccc2)C1. The average molecular weight is 286 g/mol. The third-order valence-electron chi connectivity index (χ3n) is 3.72. The van der Waals surface area contributed by atoms with Crippen molar-refractivity contribution in [3.8, 4) is 6.07 Å². The minimum Gasteiger partial charge on any atom is -0.447 e. The molecule has 1 amide bonds. The number of esters is 1. The maximum absolute atomic E-state index is 12.1. The quantitative estimate of drug-likeness (QED) is 0.794. The summed E-state index contributed by atoms with van der Waals surface area (Å²) in [4.78, 5) is 25.7. The molecule has 0 spiro atoms. The van der Waals surface area contributed by atoms with Gasteiger partial charge in [-0.05, 0) is 19.4 Å². The Kier molecular flexibility index (Phi) is 4.59. The van der Waals surface area contributed by atoms with Crippen LogP contribution in [0, 0.1) is 17.2 Å². The number of nitrogens with zero attached hydrogens (tertiary/aromatic N) is 2. The van der Waals surface area contributed by atoms with Crippen LogP contribution < -0.4 is 0 Å². The van der Waals surface area contributed by atoms with Gasteiger partial charge in [0.1, 0.15) is 6.07 Å². The number of nitriles is 1. The first-order valence-electron chi connectivity index (χ1n) is 6.97. The van der Waals surface area contributed by atoms with Crippen LogP contribution in [0.25, 0.3) is 0 Å². The first kappa shape index (κ1) is 15.0. The van der Waals surface area contributed by atoms with E-state index in [1.165, 1.54) is 6.92 Å². The van der Waals surface area contributed by atoms with Crippen molar-refractivity contribution in [2.75, 3.05) is 6.54 Å². The Morgan fingerprint density at radius 3 is 2.67 bits per heavy atom. The number of ether oxygens (including phenoxy) is 1. The van der Waals surface area contributed by atoms with Gasteiger partial charge in [0.15, 0.2) is 6.10 Å². The van der Waals surface area contributed by atoms with Crippen LogP contribution in [0.15, 0.2) is 30.3 Å². The second-order valence-electron chi connectivity index (χ2n) is 5.24. The second-order valence-corrected chi connectivity index (χ2v) is 5.24. The number of carbonyl (C=O) groups is 2. The molecule has 0 aliphatic carbocycles. The van der Waals surface area contributed by atoms with Gasteiger partial charge < -0.3 is 9.64 Å². The van der Waals surface area contributed by atoms with E-state index in [2.05, 4.69) is 0 Å². The molecule has 1 heterocycles. The fourth-order valence-electron chi connectivity index (χ4n) is 2.47. The molecule has 21 heavy (non-hydrogen) atoms. The monoisotopic (exact) mass is 286 g/mol. The van der Waals surface area contributed by atoms with Crippen LogP contribution in [0.5, 0.6) is 0 Å². The number of rotatable bonds is 4. The van der Waals surface area contributed by atoms with Crippen molar-refractivity contribution >= 4 is 11.9 Å². The highest BCUT2D eigenvalue weighted by atomic mass is 16.5. The first-order valence-corrected chi connectivity index (χ1v) is 6.97. The van der Waals surface area contributed by atoms with Crippen LogP contribution in [0.4, 0.5) is 0 Å². The largest absolute Gasteiger partial charge is 0.447 e. The zero-order valence-electron chi connectivity index (χ0n) is 12.2. The Morgan fingerprint density at radius 1 is 1.38 bits per heavy atom. The second kappa shape index (κ2) is 6.40. The molecule has 110 valence electrons. The fraction of sp³-hybridized carbons (Fsp3) is 0.438. The van der Waals surface area contributed by atoms with E-state index in [1.54, 1.807) is 4.90 Å². The molecule has 1 aliphatic rings. The van der Waals surface area contributed by atoms with Gasteiger partial charge in [-0.1, -0.05) is 30.3 Å². The maximum atomic E-state index is 12.1. The summed E-state index contributed by atoms with van der Waals surface area (Å²) >= 11 is 0. The predicted octanol–water partition coefficient (Wildman–Crippen LogP) is 2.05. The Bertz CT molecular complexity index is 565. The molecule has 2 rings (SSSR count). The van der Waals surface area contributed by atoms with E-state index in [0.29, 0.717) is 6.54 Å². The Hall–Kier alpha value is -2.35. The number of hydrogen-bond acceptors (Lipinski definition) is 4. The lowest BCUT2D eigenvalue weighted by atomic mass is 10.1. The molecule has 0 bridgehead atoms. The van der Waals surface area contributed by atoms with Crippen LogP contribution in [0.1, 0.15) is 31.9 Å². The molecule has 0 N–H and O–H groups in total. The summed E-state index contributed by atoms with van der Waals surface area (Å²) in [5.41, 5.74) is 1.03. The van der Waals surface area contributed by atoms with Crippen LogP contribution in [-0.2, 0) is 14.3 Å². The third kappa shape index (κ3) is 3.40. The minimum absolute atomic E-state index is 0.0575. The van der Waals surface area contributed by atoms with E-state index in [4.69, 9.17) is 10.00 Å². The molecule has 1 aliphatic heterocycles. The molecule has 3 atom stereocenters. The molecule has 0 saturated carbocycles. The van der Waals surface area contributed by atoms with Gasteiger partial charge in [0.05, 0.1) is 12.0 Å². The highest BCUT2D eigenvalue weighted by molar-refractivity contribution is 5.87. The Balaban J connectivity index is 2.03. The summed E-state index contributed by atoms with van der Waals surface area (Å²) in [5, 5.41) is 8.66. The third-order valence-corrected chi connectivity index (χ3v) is 3.72. The van der Waals surface area contributed by atoms with Crippen molar-refractivity contribution in [2.24, 2.45) is 5.92 Å². The molecule has 5 nitrogen and oxygen atoms in total. The summed E-state index contributed by atoms with van der Waals surface area (Å²) in [7, 11) is 0. The van der Waals surface area contributed by atoms with Crippen LogP contribution >= 0.6 is 0 Å². The van der Waals surface area contributed by atoms with Gasteiger partial charge in [-0.15, -0.1) is 0 Å². The standard InChI is InChI=1S/C16H18N2O3/c1-11(9-17)21-16(20)14-8-15(19)18(10-14)12(2)13-6-4-3-5-7-13/h3-7,11-12,14H,8,10H2,1-2H3/t11-,12-,14+/m0/s1. The van der Waals surface area contributed by atoms with Crippen molar-refractivity contribution in [3.05, 3.63) is 35.9 Å². The van der Waals surface area contributed by atoms with Crippen molar-refractivity contribution in [2.45, 2.75) is 32.4 Å². The molecule has 0 aromatic heterocycles. The van der Waals surface area contributed by atoms with Crippen molar-refractivity contribution in [1.82, 2.24) is 4.90 Å². The van der Waals surface area contributed by atoms with E-state index in [-0.39, 0.29) is 18.4 Å². The van der Waals surface area contributed by atoms with E-state index in [9.17, 15) is 9.59 Å². The average Bonchev–Trinajstić information content (AvgIpc) is 2.89. The van der Waals surface area contributed by atoms with Gasteiger partial charge in [0.2, 0.25) is 5.91 Å². The van der Waals surface area contributed by atoms with Gasteiger partial charge in [0, 0.05) is 13.0 Å². The van der Waals surface area contributed by atoms with E-state index in [1.807, 2.05) is 43.3 Å². The Morgan fingerprint density at radius 2 is 2.05 bits per heavy atom. The van der Waals surface area contributed by atoms with Gasteiger partial charge in [-0.3, -0.25) is 9.59 Å². The fourth-order valence-corrected chi connectivity index (χ4v) is 2.47. The van der Waals surface area contributed by atoms with E-state index < -0.39 is 18.0 Å². The molecule has 1 fully saturated rings. The first-order chi connectivity index (χ1) is 10.0. The molecule has 1 aromatic rings. The molecule has 0 unspecified atom stereocenters. The normalized spacial score (nSPS) is 20.7. The number of amides is 1. The molecular formula is C16H18N2O3. The summed E-state index contributed by atoms with van der Waals surface area (Å²) in [5.74, 6) is -1.02. The van der Waals surface area contributed by atoms with Crippen molar-refractivity contribution < 1.29 is 14.3 Å². The van der Waals surface area contributed by atoms with Crippen molar-refractivity contribution in [1.29, 1.82) is 5.26 Å². The van der Waals surface area contributed by atoms with Crippen LogP contribution in [-0.4, -0.2) is 29.4 Å². The summed E-state index contributed by atoms with van der Waals surface area (Å²) < 4.78 is 4.99. The summed E-state index contributed by atoms with van der Waals surface area (Å²) in [6, 6.07) is 11.5. The highest BCUT2D eigenvalue weighted by Crippen LogP contribution is 2.29. The summed E-state index contributed by atoms with van der Waals surface area (Å²) in [6.07, 6.45) is -0.637. The van der Waals surface area contributed by atoms with E-state index in [0.717, 1.165) is 5.56 Å². The van der Waals surface area contributed by atoms with Crippen molar-refractivity contribution in [3.63, 3.8) is 0 Å². The van der Waals surface area contributed by atoms with Gasteiger partial charge >= 0.3 is 5.97 Å². The minimum atomic E-state index is -0.784. The van der Waals surface area contributed by atoms with Crippen LogP contribution in [0.2, 0.25) is 0 Å². The summed E-state index contributed by atoms with van der Waals surface area (Å²) in [6.45, 7) is 3.80. The van der Waals surface area contributed by atoms with Gasteiger partial charge in [-0.2, -0.15) is 5.26 Å². The lowest BCUT2D eigenvalue weighted by Crippen LogP contribution is -2.30. The predicted molar refractivity (Wildman–Crippen MR) is 75.8 cm³/mol. The molecule has 1 aromatic carbocycles. The molecule has 0 radical (unpaired) electrons. The lowest BCUT2D eigenvalue weighted by molar-refractivity contribution is -0.150. The smallest absolute Gasteiger partial charge is 0.312 e. The topological polar surface area (TPSA) is 70.4 Å². The van der Waals surface area contributed by atoms with E-state index >= 15 is 0 Å². The number of carbonyl (C=O) groups excluding carboxylic acids is 2. The number of likely N-dealkylation sites (tertiary alicyclic amines) is 1. The Labute approximate surface area is 124 Å². The lowest BCUT2D eigenvalue weighted by Gasteiger charge is -2.25. The molecule has 1 saturated heterocycles. The number of benzene rings is 1. The van der Waals surface area contributed by atoms with Gasteiger partial charge in [-0.25, -0.2) is 0 Å². The zero-order chi connectivity index (χ0) is 15.4. The maximum Gasteiger partial charge on any atom is 0.312 e. The number of hydrogen-bond donors (Lipinski definition) is 0. The highest BCUT2D eigenvalue weighted by Gasteiger charge is 2.38. The van der Waals surface area contributed by atoms with Gasteiger partial charge in [0.25, 0.3) is 0 Å². The zero-order valence-corrected chi connectivity index (χ0v) is 12.2. The van der Waals surface area contributed by atoms with Crippen LogP contribution in [0.3, 0.4) is 0 Å². The molecular weight excluding hydrogens is 268 g/mol.